The number of benzene rings is 1. The first-order chi connectivity index (χ1) is 9.49. The molecule has 0 heterocycles. The monoisotopic (exact) mass is 337 g/mol. The number of hydrogen-bond acceptors (Lipinski definition) is 2. The first-order valence-electron chi connectivity index (χ1n) is 6.44. The average Bonchev–Trinajstić information content (AvgIpc) is 2.42. The Kier molecular flexibility index (Phi) is 4.60. The van der Waals surface area contributed by atoms with Crippen LogP contribution in [0.15, 0.2) is 34.8 Å². The topological polar surface area (TPSA) is 66.4 Å². The number of carbonyl (C=O) groups is 2. The molecule has 0 bridgehead atoms. The van der Waals surface area contributed by atoms with Crippen molar-refractivity contribution in [1.29, 1.82) is 0 Å². The Morgan fingerprint density at radius 2 is 1.90 bits per heavy atom. The van der Waals surface area contributed by atoms with Gasteiger partial charge in [0.2, 0.25) is 5.91 Å². The molecule has 0 radical (unpaired) electrons. The Hall–Kier alpha value is -1.62. The second-order valence-electron chi connectivity index (χ2n) is 4.97. The maximum absolute atomic E-state index is 12.3. The highest BCUT2D eigenvalue weighted by atomic mass is 79.9. The van der Waals surface area contributed by atoms with Crippen LogP contribution >= 0.6 is 15.9 Å². The van der Waals surface area contributed by atoms with E-state index in [9.17, 15) is 14.7 Å². The Bertz CT molecular complexity index is 568. The summed E-state index contributed by atoms with van der Waals surface area (Å²) in [5.41, 5.74) is 1.70. The van der Waals surface area contributed by atoms with Gasteiger partial charge in [0.1, 0.15) is 0 Å². The molecule has 20 heavy (non-hydrogen) atoms. The summed E-state index contributed by atoms with van der Waals surface area (Å²) in [6.45, 7) is 1.94. The minimum absolute atomic E-state index is 0.243. The molecule has 1 aromatic carbocycles. The number of aliphatic carboxylic acids is 1. The van der Waals surface area contributed by atoms with Crippen LogP contribution in [0.3, 0.4) is 0 Å². The molecule has 2 N–H and O–H groups in total. The van der Waals surface area contributed by atoms with E-state index in [0.29, 0.717) is 18.5 Å². The summed E-state index contributed by atoms with van der Waals surface area (Å²) in [5.74, 6) is -2.33. The molecule has 5 heteroatoms. The molecular weight excluding hydrogens is 322 g/mol. The minimum atomic E-state index is -0.919. The van der Waals surface area contributed by atoms with Crippen LogP contribution in [0.5, 0.6) is 0 Å². The summed E-state index contributed by atoms with van der Waals surface area (Å²) >= 11 is 3.38. The van der Waals surface area contributed by atoms with Gasteiger partial charge in [-0.3, -0.25) is 9.59 Å². The molecule has 0 saturated heterocycles. The van der Waals surface area contributed by atoms with E-state index < -0.39 is 17.8 Å². The maximum Gasteiger partial charge on any atom is 0.307 e. The van der Waals surface area contributed by atoms with Gasteiger partial charge >= 0.3 is 5.97 Å². The van der Waals surface area contributed by atoms with Gasteiger partial charge in [-0.05, 0) is 53.4 Å². The number of aryl methyl sites for hydroxylation is 1. The first-order valence-corrected chi connectivity index (χ1v) is 7.23. The fraction of sp³-hybridized carbons (Fsp3) is 0.333. The zero-order chi connectivity index (χ0) is 14.7. The number of anilines is 1. The predicted molar refractivity (Wildman–Crippen MR) is 80.5 cm³/mol. The molecule has 1 amide bonds. The van der Waals surface area contributed by atoms with Gasteiger partial charge in [-0.1, -0.05) is 18.2 Å². The lowest BCUT2D eigenvalue weighted by atomic mass is 9.82. The first kappa shape index (κ1) is 14.8. The van der Waals surface area contributed by atoms with Crippen LogP contribution < -0.4 is 5.32 Å². The van der Waals surface area contributed by atoms with Crippen molar-refractivity contribution in [2.45, 2.75) is 19.8 Å². The van der Waals surface area contributed by atoms with Gasteiger partial charge in [0.25, 0.3) is 0 Å². The van der Waals surface area contributed by atoms with Gasteiger partial charge < -0.3 is 10.4 Å². The van der Waals surface area contributed by atoms with E-state index in [2.05, 4.69) is 21.2 Å². The summed E-state index contributed by atoms with van der Waals surface area (Å²) in [6.07, 6.45) is 4.56. The van der Waals surface area contributed by atoms with Crippen molar-refractivity contribution in [2.75, 3.05) is 5.32 Å². The zero-order valence-electron chi connectivity index (χ0n) is 11.1. The molecule has 0 saturated carbocycles. The fourth-order valence-corrected chi connectivity index (χ4v) is 2.68. The lowest BCUT2D eigenvalue weighted by Gasteiger charge is -2.24. The van der Waals surface area contributed by atoms with Crippen LogP contribution in [0.2, 0.25) is 0 Å². The van der Waals surface area contributed by atoms with Crippen molar-refractivity contribution >= 4 is 33.5 Å². The molecule has 0 aliphatic heterocycles. The number of nitrogens with one attached hydrogen (secondary N) is 1. The largest absolute Gasteiger partial charge is 0.481 e. The molecule has 2 rings (SSSR count). The summed E-state index contributed by atoms with van der Waals surface area (Å²) in [5, 5.41) is 12.0. The number of rotatable bonds is 3. The highest BCUT2D eigenvalue weighted by Gasteiger charge is 2.34. The van der Waals surface area contributed by atoms with E-state index in [4.69, 9.17) is 0 Å². The van der Waals surface area contributed by atoms with E-state index in [0.717, 1.165) is 10.0 Å². The third kappa shape index (κ3) is 3.28. The molecule has 1 aliphatic carbocycles. The number of halogens is 1. The van der Waals surface area contributed by atoms with Gasteiger partial charge in [0.15, 0.2) is 0 Å². The molecule has 0 aromatic heterocycles. The lowest BCUT2D eigenvalue weighted by Crippen LogP contribution is -2.34. The van der Waals surface area contributed by atoms with Crippen LogP contribution in [-0.2, 0) is 9.59 Å². The van der Waals surface area contributed by atoms with E-state index in [1.807, 2.05) is 37.3 Å². The van der Waals surface area contributed by atoms with Crippen molar-refractivity contribution in [1.82, 2.24) is 0 Å². The Labute approximate surface area is 126 Å². The summed E-state index contributed by atoms with van der Waals surface area (Å²) in [6, 6.07) is 5.65. The van der Waals surface area contributed by atoms with E-state index in [1.54, 1.807) is 0 Å². The molecule has 2 unspecified atom stereocenters. The predicted octanol–water partition coefficient (Wildman–Crippen LogP) is 3.36. The molecule has 1 aliphatic rings. The number of carbonyl (C=O) groups excluding carboxylic acids is 1. The number of carboxylic acids is 1. The molecule has 2 atom stereocenters. The van der Waals surface area contributed by atoms with Crippen molar-refractivity contribution in [3.63, 3.8) is 0 Å². The van der Waals surface area contributed by atoms with Crippen molar-refractivity contribution in [3.05, 3.63) is 40.4 Å². The molecule has 4 nitrogen and oxygen atoms in total. The molecule has 106 valence electrons. The van der Waals surface area contributed by atoms with Gasteiger partial charge in [-0.25, -0.2) is 0 Å². The third-order valence-corrected chi connectivity index (χ3v) is 4.16. The smallest absolute Gasteiger partial charge is 0.307 e. The van der Waals surface area contributed by atoms with Crippen molar-refractivity contribution in [3.8, 4) is 0 Å². The molecule has 1 aromatic rings. The SMILES string of the molecule is Cc1ccc(Br)c(NC(=O)C2CC=CCC2C(=O)O)c1. The van der Waals surface area contributed by atoms with Gasteiger partial charge in [-0.2, -0.15) is 0 Å². The Morgan fingerprint density at radius 1 is 1.25 bits per heavy atom. The second-order valence-corrected chi connectivity index (χ2v) is 5.82. The maximum atomic E-state index is 12.3. The number of amides is 1. The van der Waals surface area contributed by atoms with Crippen LogP contribution in [0.4, 0.5) is 5.69 Å². The van der Waals surface area contributed by atoms with E-state index in [1.165, 1.54) is 0 Å². The van der Waals surface area contributed by atoms with Crippen LogP contribution in [0.1, 0.15) is 18.4 Å². The van der Waals surface area contributed by atoms with Crippen molar-refractivity contribution < 1.29 is 14.7 Å². The normalized spacial score (nSPS) is 21.5. The van der Waals surface area contributed by atoms with E-state index >= 15 is 0 Å². The lowest BCUT2D eigenvalue weighted by molar-refractivity contribution is -0.146. The fourth-order valence-electron chi connectivity index (χ4n) is 2.34. The standard InChI is InChI=1S/C15H16BrNO3/c1-9-6-7-12(16)13(8-9)17-14(18)10-4-2-3-5-11(10)15(19)20/h2-3,6-8,10-11H,4-5H2,1H3,(H,17,18)(H,19,20). The zero-order valence-corrected chi connectivity index (χ0v) is 12.7. The third-order valence-electron chi connectivity index (χ3n) is 3.47. The van der Waals surface area contributed by atoms with Gasteiger partial charge in [-0.15, -0.1) is 0 Å². The van der Waals surface area contributed by atoms with Crippen LogP contribution in [0.25, 0.3) is 0 Å². The average molecular weight is 338 g/mol. The second kappa shape index (κ2) is 6.22. The highest BCUT2D eigenvalue weighted by molar-refractivity contribution is 9.10. The van der Waals surface area contributed by atoms with Gasteiger partial charge in [0, 0.05) is 4.47 Å². The summed E-state index contributed by atoms with van der Waals surface area (Å²) in [7, 11) is 0. The highest BCUT2D eigenvalue weighted by Crippen LogP contribution is 2.29. The summed E-state index contributed by atoms with van der Waals surface area (Å²) < 4.78 is 0.787. The quantitative estimate of drug-likeness (QED) is 0.831. The number of allylic oxidation sites excluding steroid dienone is 2. The van der Waals surface area contributed by atoms with Crippen molar-refractivity contribution in [2.24, 2.45) is 11.8 Å². The summed E-state index contributed by atoms with van der Waals surface area (Å²) in [4.78, 5) is 23.5. The number of carboxylic acid groups (broad SMARTS) is 1. The number of hydrogen-bond donors (Lipinski definition) is 2. The molecule has 0 spiro atoms. The molecular formula is C15H16BrNO3. The molecule has 0 fully saturated rings. The Morgan fingerprint density at radius 3 is 2.55 bits per heavy atom. The van der Waals surface area contributed by atoms with Gasteiger partial charge in [0.05, 0.1) is 17.5 Å². The Balaban J connectivity index is 2.16. The van der Waals surface area contributed by atoms with Crippen LogP contribution in [0, 0.1) is 18.8 Å². The van der Waals surface area contributed by atoms with Crippen LogP contribution in [-0.4, -0.2) is 17.0 Å². The van der Waals surface area contributed by atoms with E-state index in [-0.39, 0.29) is 5.91 Å². The minimum Gasteiger partial charge on any atom is -0.481 e.